The minimum Gasteiger partial charge on any atom is -0.458 e. The van der Waals surface area contributed by atoms with Gasteiger partial charge in [-0.25, -0.2) is 14.2 Å². The van der Waals surface area contributed by atoms with Gasteiger partial charge in [-0.3, -0.25) is 0 Å². The summed E-state index contributed by atoms with van der Waals surface area (Å²) in [6, 6.07) is 18.5. The zero-order valence-electron chi connectivity index (χ0n) is 24.2. The molecule has 9 atom stereocenters. The predicted octanol–water partition coefficient (Wildman–Crippen LogP) is 5.39. The van der Waals surface area contributed by atoms with Crippen LogP contribution in [0.4, 0.5) is 0 Å². The summed E-state index contributed by atoms with van der Waals surface area (Å²) in [6.07, 6.45) is 7.97. The summed E-state index contributed by atoms with van der Waals surface area (Å²) in [5, 5.41) is 11.9. The first-order chi connectivity index (χ1) is 19.8. The van der Waals surface area contributed by atoms with Crippen molar-refractivity contribution in [3.05, 3.63) is 71.8 Å². The molecule has 0 unspecified atom stereocenters. The number of nitrogens with zero attached hydrogens (tertiary/aromatic N) is 1. The molecule has 1 heterocycles. The van der Waals surface area contributed by atoms with Crippen LogP contribution < -0.4 is 0 Å². The minimum atomic E-state index is -0.473. The number of benzene rings is 2. The Balaban J connectivity index is 1.20. The van der Waals surface area contributed by atoms with Gasteiger partial charge in [0.05, 0.1) is 22.6 Å². The average Bonchev–Trinajstić information content (AvgIpc) is 3.50. The summed E-state index contributed by atoms with van der Waals surface area (Å²) in [4.78, 5) is 26.0. The summed E-state index contributed by atoms with van der Waals surface area (Å²) >= 11 is 0. The molecule has 7 rings (SSSR count). The van der Waals surface area contributed by atoms with Crippen LogP contribution >= 0.6 is 0 Å². The second kappa shape index (κ2) is 9.79. The SMILES string of the molecule is C[C@H]1[C@H]2C[C@H]3[C@]45C=[N+](CCOC(=O)c6ccccc6)C[C@](C)(CCC4)[C@@H]5C[C@H](OC(=O)c4ccccc4)[C@@]3(C2)[C@H]1O. The van der Waals surface area contributed by atoms with Crippen molar-refractivity contribution < 1.29 is 28.7 Å². The molecule has 4 bridgehead atoms. The van der Waals surface area contributed by atoms with Crippen LogP contribution in [0, 0.1) is 39.9 Å². The quantitative estimate of drug-likeness (QED) is 0.382. The van der Waals surface area contributed by atoms with Crippen molar-refractivity contribution in [2.45, 2.75) is 64.6 Å². The summed E-state index contributed by atoms with van der Waals surface area (Å²) < 4.78 is 14.6. The highest BCUT2D eigenvalue weighted by molar-refractivity contribution is 5.90. The molecule has 0 amide bonds. The van der Waals surface area contributed by atoms with E-state index in [4.69, 9.17) is 9.47 Å². The van der Waals surface area contributed by atoms with Crippen LogP contribution in [0.15, 0.2) is 60.7 Å². The fourth-order valence-corrected chi connectivity index (χ4v) is 10.4. The third-order valence-electron chi connectivity index (χ3n) is 12.0. The average molecular weight is 557 g/mol. The molecule has 5 aliphatic rings. The second-order valence-corrected chi connectivity index (χ2v) is 13.9. The lowest BCUT2D eigenvalue weighted by Gasteiger charge is -2.64. The monoisotopic (exact) mass is 556 g/mol. The first-order valence-electron chi connectivity index (χ1n) is 15.5. The normalized spacial score (nSPS) is 40.2. The molecule has 1 aliphatic heterocycles. The molecule has 4 saturated carbocycles. The van der Waals surface area contributed by atoms with Gasteiger partial charge < -0.3 is 14.6 Å². The number of carbonyl (C=O) groups excluding carboxylic acids is 2. The molecule has 0 radical (unpaired) electrons. The fraction of sp³-hybridized carbons (Fsp3) is 0.571. The van der Waals surface area contributed by atoms with Crippen LogP contribution in [0.25, 0.3) is 0 Å². The van der Waals surface area contributed by atoms with Crippen molar-refractivity contribution in [2.24, 2.45) is 39.9 Å². The Morgan fingerprint density at radius 3 is 2.32 bits per heavy atom. The highest BCUT2D eigenvalue weighted by Crippen LogP contribution is 2.75. The Morgan fingerprint density at radius 1 is 0.951 bits per heavy atom. The molecule has 0 saturated heterocycles. The van der Waals surface area contributed by atoms with Crippen LogP contribution in [0.5, 0.6) is 0 Å². The lowest BCUT2D eigenvalue weighted by molar-refractivity contribution is -0.559. The van der Waals surface area contributed by atoms with Gasteiger partial charge in [-0.05, 0) is 80.0 Å². The third kappa shape index (κ3) is 4.04. The Kier molecular flexibility index (Phi) is 6.42. The number of hydrogen-bond acceptors (Lipinski definition) is 5. The first-order valence-corrected chi connectivity index (χ1v) is 15.5. The standard InChI is InChI=1S/C35H42NO5/c1-23-26-18-28-34-15-9-14-33(2,21-36(22-34)16-17-40-31(38)24-10-5-3-6-11-24)27(34)19-29(35(28,20-26)30(23)37)41-32(39)25-12-7-4-8-13-25/h3-8,10-13,22-23,26-30,37H,9,14-21H2,1-2H3/q+1/t23-,26-,27-,28-,29-,30-,33-,34-,35-/m0/s1. The van der Waals surface area contributed by atoms with Gasteiger partial charge in [0.15, 0.2) is 6.54 Å². The van der Waals surface area contributed by atoms with E-state index < -0.39 is 11.5 Å². The number of ether oxygens (including phenoxy) is 2. The largest absolute Gasteiger partial charge is 0.458 e. The van der Waals surface area contributed by atoms with Crippen LogP contribution in [-0.4, -0.2) is 59.7 Å². The van der Waals surface area contributed by atoms with Crippen molar-refractivity contribution in [3.63, 3.8) is 0 Å². The van der Waals surface area contributed by atoms with Gasteiger partial charge in [-0.15, -0.1) is 0 Å². The Morgan fingerprint density at radius 2 is 1.63 bits per heavy atom. The predicted molar refractivity (Wildman–Crippen MR) is 155 cm³/mol. The van der Waals surface area contributed by atoms with E-state index in [0.717, 1.165) is 38.6 Å². The lowest BCUT2D eigenvalue weighted by atomic mass is 9.40. The van der Waals surface area contributed by atoms with E-state index in [1.807, 2.05) is 48.5 Å². The number of aliphatic hydroxyl groups excluding tert-OH is 1. The Hall–Kier alpha value is -2.99. The van der Waals surface area contributed by atoms with Gasteiger partial charge >= 0.3 is 11.9 Å². The zero-order valence-corrected chi connectivity index (χ0v) is 24.2. The van der Waals surface area contributed by atoms with Gasteiger partial charge in [0.1, 0.15) is 25.5 Å². The van der Waals surface area contributed by atoms with E-state index in [0.29, 0.717) is 36.1 Å². The third-order valence-corrected chi connectivity index (χ3v) is 12.0. The molecular weight excluding hydrogens is 514 g/mol. The molecule has 0 aromatic heterocycles. The van der Waals surface area contributed by atoms with Crippen molar-refractivity contribution >= 4 is 18.2 Å². The minimum absolute atomic E-state index is 0.0415. The maximum atomic E-state index is 13.4. The molecule has 2 aromatic carbocycles. The van der Waals surface area contributed by atoms with E-state index >= 15 is 0 Å². The summed E-state index contributed by atoms with van der Waals surface area (Å²) in [5.41, 5.74) is 0.762. The number of fused-ring (bicyclic) bond motifs is 1. The number of carbonyl (C=O) groups is 2. The van der Waals surface area contributed by atoms with E-state index in [1.54, 1.807) is 12.1 Å². The van der Waals surface area contributed by atoms with Crippen molar-refractivity contribution in [1.82, 2.24) is 0 Å². The molecule has 4 fully saturated rings. The van der Waals surface area contributed by atoms with Crippen molar-refractivity contribution in [1.29, 1.82) is 0 Å². The highest BCUT2D eigenvalue weighted by Gasteiger charge is 2.76. The zero-order chi connectivity index (χ0) is 28.4. The van der Waals surface area contributed by atoms with Gasteiger partial charge in [0.25, 0.3) is 0 Å². The summed E-state index contributed by atoms with van der Waals surface area (Å²) in [7, 11) is 0. The van der Waals surface area contributed by atoms with Crippen molar-refractivity contribution in [2.75, 3.05) is 19.7 Å². The van der Waals surface area contributed by atoms with E-state index in [2.05, 4.69) is 24.6 Å². The van der Waals surface area contributed by atoms with E-state index in [1.165, 1.54) is 6.42 Å². The molecule has 4 aliphatic carbocycles. The number of hydrogen-bond donors (Lipinski definition) is 1. The van der Waals surface area contributed by atoms with Crippen LogP contribution in [0.2, 0.25) is 0 Å². The number of rotatable bonds is 6. The summed E-state index contributed by atoms with van der Waals surface area (Å²) in [6.45, 7) is 6.52. The number of esters is 2. The smallest absolute Gasteiger partial charge is 0.338 e. The van der Waals surface area contributed by atoms with E-state index in [9.17, 15) is 14.7 Å². The Bertz CT molecular complexity index is 1360. The second-order valence-electron chi connectivity index (χ2n) is 13.9. The highest BCUT2D eigenvalue weighted by atomic mass is 16.5. The van der Waals surface area contributed by atoms with Crippen molar-refractivity contribution in [3.8, 4) is 0 Å². The van der Waals surface area contributed by atoms with Gasteiger partial charge in [0.2, 0.25) is 0 Å². The summed E-state index contributed by atoms with van der Waals surface area (Å²) in [5.74, 6) is 0.765. The Labute approximate surface area is 242 Å². The van der Waals surface area contributed by atoms with Crippen LogP contribution in [0.1, 0.15) is 73.1 Å². The molecule has 1 spiro atoms. The van der Waals surface area contributed by atoms with Gasteiger partial charge in [-0.2, -0.15) is 0 Å². The molecule has 1 N–H and O–H groups in total. The molecule has 6 nitrogen and oxygen atoms in total. The van der Waals surface area contributed by atoms with Gasteiger partial charge in [-0.1, -0.05) is 56.7 Å². The van der Waals surface area contributed by atoms with E-state index in [-0.39, 0.29) is 40.7 Å². The maximum absolute atomic E-state index is 13.4. The maximum Gasteiger partial charge on any atom is 0.338 e. The molecule has 6 heteroatoms. The molecular formula is C35H42NO5+. The fourth-order valence-electron chi connectivity index (χ4n) is 10.4. The molecule has 2 aromatic rings. The first kappa shape index (κ1) is 26.9. The van der Waals surface area contributed by atoms with Crippen LogP contribution in [-0.2, 0) is 9.47 Å². The topological polar surface area (TPSA) is 75.8 Å². The van der Waals surface area contributed by atoms with Gasteiger partial charge in [0, 0.05) is 10.8 Å². The lowest BCUT2D eigenvalue weighted by Crippen LogP contribution is -2.69. The molecule has 216 valence electrons. The number of aliphatic hydroxyl groups is 1. The van der Waals surface area contributed by atoms with Crippen LogP contribution in [0.3, 0.4) is 0 Å². The molecule has 41 heavy (non-hydrogen) atoms.